The molecule has 0 aromatic heterocycles. The lowest BCUT2D eigenvalue weighted by molar-refractivity contribution is 0.0597. The number of benzene rings is 1. The predicted molar refractivity (Wildman–Crippen MR) is 67.3 cm³/mol. The van der Waals surface area contributed by atoms with Crippen LogP contribution in [0.3, 0.4) is 0 Å². The summed E-state index contributed by atoms with van der Waals surface area (Å²) in [6.45, 7) is 2.78. The van der Waals surface area contributed by atoms with E-state index in [-0.39, 0.29) is 17.7 Å². The molecule has 1 atom stereocenters. The van der Waals surface area contributed by atoms with Crippen molar-refractivity contribution in [1.82, 2.24) is 4.90 Å². The van der Waals surface area contributed by atoms with Gasteiger partial charge in [-0.1, -0.05) is 13.0 Å². The SMILES string of the molecule is COCC(C)CN1C(=O)c2cccc(N)c2C1=O. The van der Waals surface area contributed by atoms with Gasteiger partial charge in [0.25, 0.3) is 11.8 Å². The van der Waals surface area contributed by atoms with E-state index in [1.165, 1.54) is 4.90 Å². The van der Waals surface area contributed by atoms with Crippen molar-refractivity contribution in [3.8, 4) is 0 Å². The number of nitrogen functional groups attached to an aromatic ring is 1. The molecular formula is C13H16N2O3. The van der Waals surface area contributed by atoms with Crippen LogP contribution in [0.15, 0.2) is 18.2 Å². The Hall–Kier alpha value is -1.88. The van der Waals surface area contributed by atoms with Crippen molar-refractivity contribution in [2.24, 2.45) is 5.92 Å². The maximum Gasteiger partial charge on any atom is 0.263 e. The molecule has 0 fully saturated rings. The van der Waals surface area contributed by atoms with E-state index < -0.39 is 0 Å². The average molecular weight is 248 g/mol. The van der Waals surface area contributed by atoms with Gasteiger partial charge < -0.3 is 10.5 Å². The second kappa shape index (κ2) is 4.78. The molecule has 0 saturated carbocycles. The lowest BCUT2D eigenvalue weighted by atomic mass is 10.1. The van der Waals surface area contributed by atoms with Gasteiger partial charge in [-0.05, 0) is 18.1 Å². The van der Waals surface area contributed by atoms with E-state index >= 15 is 0 Å². The van der Waals surface area contributed by atoms with Gasteiger partial charge in [-0.15, -0.1) is 0 Å². The largest absolute Gasteiger partial charge is 0.398 e. The summed E-state index contributed by atoms with van der Waals surface area (Å²) in [5, 5.41) is 0. The molecule has 1 aromatic carbocycles. The standard InChI is InChI=1S/C13H16N2O3/c1-8(7-18-2)6-15-12(16)9-4-3-5-10(14)11(9)13(15)17/h3-5,8H,6-7,14H2,1-2H3. The van der Waals surface area contributed by atoms with Crippen LogP contribution in [0.2, 0.25) is 0 Å². The quantitative estimate of drug-likeness (QED) is 0.640. The summed E-state index contributed by atoms with van der Waals surface area (Å²) >= 11 is 0. The fourth-order valence-corrected chi connectivity index (χ4v) is 2.17. The van der Waals surface area contributed by atoms with E-state index in [9.17, 15) is 9.59 Å². The van der Waals surface area contributed by atoms with Crippen LogP contribution in [0.5, 0.6) is 0 Å². The van der Waals surface area contributed by atoms with Crippen LogP contribution in [0.4, 0.5) is 5.69 Å². The van der Waals surface area contributed by atoms with Crippen LogP contribution in [-0.2, 0) is 4.74 Å². The Labute approximate surface area is 106 Å². The van der Waals surface area contributed by atoms with Crippen LogP contribution in [0.1, 0.15) is 27.6 Å². The fraction of sp³-hybridized carbons (Fsp3) is 0.385. The molecular weight excluding hydrogens is 232 g/mol. The number of ether oxygens (including phenoxy) is 1. The van der Waals surface area contributed by atoms with E-state index in [0.717, 1.165) is 0 Å². The zero-order chi connectivity index (χ0) is 13.3. The first-order valence-electron chi connectivity index (χ1n) is 5.80. The number of methoxy groups -OCH3 is 1. The number of nitrogens with two attached hydrogens (primary N) is 1. The van der Waals surface area contributed by atoms with Gasteiger partial charge in [0.1, 0.15) is 0 Å². The molecule has 2 amide bonds. The molecule has 1 aromatic rings. The minimum atomic E-state index is -0.309. The van der Waals surface area contributed by atoms with E-state index in [1.54, 1.807) is 25.3 Å². The Morgan fingerprint density at radius 2 is 2.06 bits per heavy atom. The number of carbonyl (C=O) groups is 2. The van der Waals surface area contributed by atoms with Gasteiger partial charge >= 0.3 is 0 Å². The highest BCUT2D eigenvalue weighted by atomic mass is 16.5. The Morgan fingerprint density at radius 1 is 1.33 bits per heavy atom. The lowest BCUT2D eigenvalue weighted by Crippen LogP contribution is -2.35. The van der Waals surface area contributed by atoms with Gasteiger partial charge in [0.15, 0.2) is 0 Å². The smallest absolute Gasteiger partial charge is 0.263 e. The molecule has 1 aliphatic heterocycles. The van der Waals surface area contributed by atoms with Crippen LogP contribution in [0, 0.1) is 5.92 Å². The van der Waals surface area contributed by atoms with E-state index in [4.69, 9.17) is 10.5 Å². The Bertz CT molecular complexity index is 499. The first kappa shape index (κ1) is 12.6. The monoisotopic (exact) mass is 248 g/mol. The van der Waals surface area contributed by atoms with Crippen molar-refractivity contribution in [1.29, 1.82) is 0 Å². The summed E-state index contributed by atoms with van der Waals surface area (Å²) in [7, 11) is 1.59. The highest BCUT2D eigenvalue weighted by molar-refractivity contribution is 6.23. The zero-order valence-electron chi connectivity index (χ0n) is 10.5. The van der Waals surface area contributed by atoms with Gasteiger partial charge in [-0.2, -0.15) is 0 Å². The number of hydrogen-bond acceptors (Lipinski definition) is 4. The molecule has 5 heteroatoms. The molecule has 0 radical (unpaired) electrons. The topological polar surface area (TPSA) is 72.6 Å². The molecule has 0 aliphatic carbocycles. The van der Waals surface area contributed by atoms with Crippen molar-refractivity contribution >= 4 is 17.5 Å². The number of rotatable bonds is 4. The van der Waals surface area contributed by atoms with E-state index in [0.29, 0.717) is 30.0 Å². The molecule has 0 spiro atoms. The van der Waals surface area contributed by atoms with Crippen molar-refractivity contribution in [3.05, 3.63) is 29.3 Å². The third-order valence-corrected chi connectivity index (χ3v) is 2.98. The Kier molecular flexibility index (Phi) is 3.34. The number of nitrogens with zero attached hydrogens (tertiary/aromatic N) is 1. The predicted octanol–water partition coefficient (Wildman–Crippen LogP) is 1.15. The molecule has 0 saturated heterocycles. The molecule has 0 bridgehead atoms. The first-order valence-corrected chi connectivity index (χ1v) is 5.80. The van der Waals surface area contributed by atoms with Crippen LogP contribution >= 0.6 is 0 Å². The number of carbonyl (C=O) groups excluding carboxylic acids is 2. The normalized spacial score (nSPS) is 16.0. The molecule has 18 heavy (non-hydrogen) atoms. The molecule has 1 aliphatic rings. The zero-order valence-corrected chi connectivity index (χ0v) is 10.5. The van der Waals surface area contributed by atoms with Crippen molar-refractivity contribution < 1.29 is 14.3 Å². The molecule has 5 nitrogen and oxygen atoms in total. The summed E-state index contributed by atoms with van der Waals surface area (Å²) < 4.78 is 5.01. The minimum absolute atomic E-state index is 0.0958. The van der Waals surface area contributed by atoms with Crippen molar-refractivity contribution in [2.45, 2.75) is 6.92 Å². The molecule has 96 valence electrons. The van der Waals surface area contributed by atoms with Crippen LogP contribution < -0.4 is 5.73 Å². The number of hydrogen-bond donors (Lipinski definition) is 1. The number of imide groups is 1. The van der Waals surface area contributed by atoms with Crippen LogP contribution in [-0.4, -0.2) is 37.0 Å². The van der Waals surface area contributed by atoms with Crippen molar-refractivity contribution in [2.75, 3.05) is 26.0 Å². The van der Waals surface area contributed by atoms with Gasteiger partial charge in [0.2, 0.25) is 0 Å². The summed E-state index contributed by atoms with van der Waals surface area (Å²) in [5.74, 6) is -0.486. The number of fused-ring (bicyclic) bond motifs is 1. The van der Waals surface area contributed by atoms with Gasteiger partial charge in [-0.25, -0.2) is 0 Å². The highest BCUT2D eigenvalue weighted by Crippen LogP contribution is 2.27. The van der Waals surface area contributed by atoms with E-state index in [2.05, 4.69) is 0 Å². The Balaban J connectivity index is 2.26. The summed E-state index contributed by atoms with van der Waals surface area (Å²) in [6.07, 6.45) is 0. The minimum Gasteiger partial charge on any atom is -0.398 e. The molecule has 2 N–H and O–H groups in total. The summed E-state index contributed by atoms with van der Waals surface area (Å²) in [5.41, 5.74) is 6.83. The van der Waals surface area contributed by atoms with Gasteiger partial charge in [-0.3, -0.25) is 14.5 Å². The molecule has 1 unspecified atom stereocenters. The number of anilines is 1. The van der Waals surface area contributed by atoms with Crippen molar-refractivity contribution in [3.63, 3.8) is 0 Å². The first-order chi connectivity index (χ1) is 8.56. The van der Waals surface area contributed by atoms with E-state index in [1.807, 2.05) is 6.92 Å². The third-order valence-electron chi connectivity index (χ3n) is 2.98. The molecule has 2 rings (SSSR count). The third kappa shape index (κ3) is 1.97. The second-order valence-electron chi connectivity index (χ2n) is 4.55. The summed E-state index contributed by atoms with van der Waals surface area (Å²) in [4.78, 5) is 25.5. The maximum absolute atomic E-state index is 12.2. The second-order valence-corrected chi connectivity index (χ2v) is 4.55. The number of amides is 2. The average Bonchev–Trinajstić information content (AvgIpc) is 2.56. The van der Waals surface area contributed by atoms with Crippen LogP contribution in [0.25, 0.3) is 0 Å². The maximum atomic E-state index is 12.2. The van der Waals surface area contributed by atoms with Gasteiger partial charge in [0, 0.05) is 19.3 Å². The molecule has 1 heterocycles. The Morgan fingerprint density at radius 3 is 2.67 bits per heavy atom. The highest BCUT2D eigenvalue weighted by Gasteiger charge is 2.37. The fourth-order valence-electron chi connectivity index (χ4n) is 2.17. The van der Waals surface area contributed by atoms with Gasteiger partial charge in [0.05, 0.1) is 17.7 Å². The summed E-state index contributed by atoms with van der Waals surface area (Å²) in [6, 6.07) is 4.94. The lowest BCUT2D eigenvalue weighted by Gasteiger charge is -2.18.